The minimum Gasteiger partial charge on any atom is -0.490 e. The lowest BCUT2D eigenvalue weighted by Crippen LogP contribution is -2.25. The normalized spacial score (nSPS) is 16.6. The Bertz CT molecular complexity index is 1180. The maximum atomic E-state index is 12.7. The minimum absolute atomic E-state index is 0.0805. The van der Waals surface area contributed by atoms with E-state index in [9.17, 15) is 14.4 Å². The lowest BCUT2D eigenvalue weighted by molar-refractivity contribution is -0.140. The Balaban J connectivity index is 1.42. The van der Waals surface area contributed by atoms with Crippen LogP contribution < -0.4 is 9.47 Å². The van der Waals surface area contributed by atoms with Crippen LogP contribution in [0.1, 0.15) is 61.4 Å². The molecule has 0 amide bonds. The molecule has 0 atom stereocenters. The zero-order valence-corrected chi connectivity index (χ0v) is 22.0. The van der Waals surface area contributed by atoms with E-state index in [1.54, 1.807) is 50.2 Å². The van der Waals surface area contributed by atoms with E-state index in [1.807, 2.05) is 12.1 Å². The van der Waals surface area contributed by atoms with Crippen LogP contribution in [0.2, 0.25) is 0 Å². The van der Waals surface area contributed by atoms with Gasteiger partial charge in [-0.1, -0.05) is 31.9 Å². The van der Waals surface area contributed by atoms with Gasteiger partial charge in [-0.15, -0.1) is 0 Å². The quantitative estimate of drug-likeness (QED) is 0.0860. The zero-order valence-electron chi connectivity index (χ0n) is 22.0. The van der Waals surface area contributed by atoms with Crippen molar-refractivity contribution in [1.29, 1.82) is 0 Å². The van der Waals surface area contributed by atoms with Gasteiger partial charge in [0, 0.05) is 5.57 Å². The highest BCUT2D eigenvalue weighted by molar-refractivity contribution is 5.89. The van der Waals surface area contributed by atoms with Gasteiger partial charge in [-0.05, 0) is 93.0 Å². The maximum absolute atomic E-state index is 12.7. The first-order valence-electron chi connectivity index (χ1n) is 12.6. The van der Waals surface area contributed by atoms with Gasteiger partial charge in [0.25, 0.3) is 0 Å². The summed E-state index contributed by atoms with van der Waals surface area (Å²) in [7, 11) is 0. The third kappa shape index (κ3) is 8.20. The van der Waals surface area contributed by atoms with E-state index in [1.165, 1.54) is 0 Å². The van der Waals surface area contributed by atoms with E-state index in [0.717, 1.165) is 31.2 Å². The molecule has 38 heavy (non-hydrogen) atoms. The van der Waals surface area contributed by atoms with Crippen molar-refractivity contribution < 1.29 is 33.3 Å². The van der Waals surface area contributed by atoms with Gasteiger partial charge >= 0.3 is 17.9 Å². The molecule has 2 aromatic carbocycles. The van der Waals surface area contributed by atoms with E-state index in [-0.39, 0.29) is 25.1 Å². The van der Waals surface area contributed by atoms with Gasteiger partial charge in [0.1, 0.15) is 30.5 Å². The van der Waals surface area contributed by atoms with Crippen molar-refractivity contribution in [2.24, 2.45) is 5.92 Å². The Morgan fingerprint density at radius 1 is 0.737 bits per heavy atom. The van der Waals surface area contributed by atoms with Gasteiger partial charge in [-0.2, -0.15) is 0 Å². The summed E-state index contributed by atoms with van der Waals surface area (Å²) in [5, 5.41) is 0. The monoisotopic (exact) mass is 518 g/mol. The lowest BCUT2D eigenvalue weighted by Gasteiger charge is -2.27. The highest BCUT2D eigenvalue weighted by atomic mass is 16.6. The summed E-state index contributed by atoms with van der Waals surface area (Å²) in [5.74, 6) is 0.270. The van der Waals surface area contributed by atoms with Crippen LogP contribution in [0.5, 0.6) is 11.5 Å². The number of rotatable bonds is 11. The average Bonchev–Trinajstić information content (AvgIpc) is 2.91. The van der Waals surface area contributed by atoms with Gasteiger partial charge in [0.05, 0.1) is 11.5 Å². The molecule has 0 aromatic heterocycles. The fraction of sp³-hybridized carbons (Fsp3) is 0.323. The molecule has 0 aliphatic heterocycles. The Hall–Kier alpha value is -4.13. The molecule has 7 nitrogen and oxygen atoms in total. The zero-order chi connectivity index (χ0) is 27.7. The molecule has 1 fully saturated rings. The fourth-order valence-corrected chi connectivity index (χ4v) is 4.03. The molecule has 0 bridgehead atoms. The predicted molar refractivity (Wildman–Crippen MR) is 144 cm³/mol. The smallest absolute Gasteiger partial charge is 0.338 e. The number of carbonyl (C=O) groups is 3. The standard InChI is InChI=1S/C31H34O7/c1-20(2)22(5)35-18-19-36-30(33)25-12-16-28(17-13-25)38-31(34)26-8-6-23(7-9-26)24-10-14-27(15-11-24)37-29(32)21(3)4/h10-17,23,26H,1,3,5-9,18-19H2,2,4H3. The largest absolute Gasteiger partial charge is 0.490 e. The van der Waals surface area contributed by atoms with Crippen molar-refractivity contribution in [3.05, 3.63) is 96.3 Å². The van der Waals surface area contributed by atoms with Crippen LogP contribution in [0.25, 0.3) is 0 Å². The van der Waals surface area contributed by atoms with Gasteiger partial charge < -0.3 is 18.9 Å². The molecule has 0 spiro atoms. The molecule has 0 N–H and O–H groups in total. The molecular weight excluding hydrogens is 484 g/mol. The van der Waals surface area contributed by atoms with Crippen molar-refractivity contribution in [2.45, 2.75) is 45.4 Å². The molecule has 1 saturated carbocycles. The topological polar surface area (TPSA) is 88.1 Å². The van der Waals surface area contributed by atoms with Gasteiger partial charge in [0.15, 0.2) is 0 Å². The molecule has 3 rings (SSSR count). The summed E-state index contributed by atoms with van der Waals surface area (Å²) in [4.78, 5) is 36.6. The number of carbonyl (C=O) groups excluding carboxylic acids is 3. The highest BCUT2D eigenvalue weighted by Gasteiger charge is 2.28. The number of benzene rings is 2. The van der Waals surface area contributed by atoms with Crippen LogP contribution in [-0.2, 0) is 19.1 Å². The van der Waals surface area contributed by atoms with Crippen LogP contribution in [0.3, 0.4) is 0 Å². The van der Waals surface area contributed by atoms with Crippen LogP contribution >= 0.6 is 0 Å². The highest BCUT2D eigenvalue weighted by Crippen LogP contribution is 2.37. The lowest BCUT2D eigenvalue weighted by atomic mass is 9.79. The first-order chi connectivity index (χ1) is 18.1. The van der Waals surface area contributed by atoms with E-state index < -0.39 is 11.9 Å². The van der Waals surface area contributed by atoms with E-state index in [2.05, 4.69) is 19.7 Å². The Labute approximate surface area is 223 Å². The van der Waals surface area contributed by atoms with Crippen LogP contribution in [0.15, 0.2) is 85.2 Å². The van der Waals surface area contributed by atoms with E-state index in [0.29, 0.717) is 39.9 Å². The van der Waals surface area contributed by atoms with Gasteiger partial charge in [-0.3, -0.25) is 4.79 Å². The number of esters is 3. The van der Waals surface area contributed by atoms with Crippen molar-refractivity contribution in [2.75, 3.05) is 13.2 Å². The van der Waals surface area contributed by atoms with Crippen molar-refractivity contribution in [3.63, 3.8) is 0 Å². The van der Waals surface area contributed by atoms with Crippen LogP contribution in [-0.4, -0.2) is 31.1 Å². The summed E-state index contributed by atoms with van der Waals surface area (Å²) < 4.78 is 21.3. The summed E-state index contributed by atoms with van der Waals surface area (Å²) in [5.41, 5.74) is 2.57. The van der Waals surface area contributed by atoms with Gasteiger partial charge in [-0.25, -0.2) is 9.59 Å². The fourth-order valence-electron chi connectivity index (χ4n) is 4.03. The first kappa shape index (κ1) is 28.4. The Morgan fingerprint density at radius 3 is 1.87 bits per heavy atom. The number of hydrogen-bond acceptors (Lipinski definition) is 7. The minimum atomic E-state index is -0.493. The van der Waals surface area contributed by atoms with E-state index >= 15 is 0 Å². The molecule has 2 aromatic rings. The molecule has 0 saturated heterocycles. The molecule has 200 valence electrons. The van der Waals surface area contributed by atoms with Crippen molar-refractivity contribution >= 4 is 17.9 Å². The summed E-state index contributed by atoms with van der Waals surface area (Å²) in [6.07, 6.45) is 3.16. The molecule has 0 radical (unpaired) electrons. The third-order valence-electron chi connectivity index (χ3n) is 6.35. The molecule has 1 aliphatic carbocycles. The first-order valence-corrected chi connectivity index (χ1v) is 12.6. The summed E-state index contributed by atoms with van der Waals surface area (Å²) in [6, 6.07) is 13.8. The molecule has 1 aliphatic rings. The number of hydrogen-bond donors (Lipinski definition) is 0. The van der Waals surface area contributed by atoms with Crippen molar-refractivity contribution in [1.82, 2.24) is 0 Å². The second kappa shape index (κ2) is 13.4. The van der Waals surface area contributed by atoms with Crippen molar-refractivity contribution in [3.8, 4) is 11.5 Å². The van der Waals surface area contributed by atoms with Crippen LogP contribution in [0, 0.1) is 5.92 Å². The number of ether oxygens (including phenoxy) is 4. The average molecular weight is 519 g/mol. The SMILES string of the molecule is C=C(C)C(=C)OCCOC(=O)c1ccc(OC(=O)C2CCC(c3ccc(OC(=O)C(=C)C)cc3)CC2)cc1. The molecule has 7 heteroatoms. The Morgan fingerprint density at radius 2 is 1.29 bits per heavy atom. The van der Waals surface area contributed by atoms with Crippen LogP contribution in [0.4, 0.5) is 0 Å². The summed E-state index contributed by atoms with van der Waals surface area (Å²) >= 11 is 0. The van der Waals surface area contributed by atoms with Gasteiger partial charge in [0.2, 0.25) is 0 Å². The third-order valence-corrected chi connectivity index (χ3v) is 6.35. The maximum Gasteiger partial charge on any atom is 0.338 e. The summed E-state index contributed by atoms with van der Waals surface area (Å²) in [6.45, 7) is 14.7. The number of allylic oxidation sites excluding steroid dienone is 1. The molecular formula is C31H34O7. The molecule has 0 heterocycles. The van der Waals surface area contributed by atoms with E-state index in [4.69, 9.17) is 18.9 Å². The second-order valence-electron chi connectivity index (χ2n) is 9.42. The Kier molecular flexibility index (Phi) is 10.0. The molecule has 0 unspecified atom stereocenters. The second-order valence-corrected chi connectivity index (χ2v) is 9.42. The predicted octanol–water partition coefficient (Wildman–Crippen LogP) is 6.31.